The van der Waals surface area contributed by atoms with E-state index in [2.05, 4.69) is 11.9 Å². The number of fused-ring (bicyclic) bond motifs is 1. The molecule has 7 nitrogen and oxygen atoms in total. The summed E-state index contributed by atoms with van der Waals surface area (Å²) in [5.41, 5.74) is 4.02. The Balaban J connectivity index is 1.56. The van der Waals surface area contributed by atoms with Crippen molar-refractivity contribution in [2.24, 2.45) is 7.05 Å². The Kier molecular flexibility index (Phi) is 6.84. The smallest absolute Gasteiger partial charge is 0.261 e. The summed E-state index contributed by atoms with van der Waals surface area (Å²) in [5, 5.41) is 11.3. The van der Waals surface area contributed by atoms with Gasteiger partial charge in [0.2, 0.25) is 0 Å². The van der Waals surface area contributed by atoms with Crippen LogP contribution in [0, 0.1) is 19.7 Å². The number of rotatable bonds is 7. The molecule has 6 rings (SSSR count). The van der Waals surface area contributed by atoms with E-state index in [1.165, 1.54) is 23.1 Å². The molecule has 1 aliphatic rings. The van der Waals surface area contributed by atoms with Crippen LogP contribution in [0.3, 0.4) is 0 Å². The number of H-pyrrole nitrogens is 1. The molecule has 0 radical (unpaired) electrons. The Bertz CT molecular complexity index is 1860. The SMILES string of the molecule is CCc1[nH]c(C2CCC2)nc1-c1cc2c(=O)n(C)cc(-c3cc(C(C)(C)O)ccc3Oc3c(C)cc(F)cc3C)c2o1. The zero-order chi connectivity index (χ0) is 29.9. The molecule has 1 fully saturated rings. The molecule has 5 aromatic rings. The second kappa shape index (κ2) is 10.3. The van der Waals surface area contributed by atoms with E-state index in [-0.39, 0.29) is 11.4 Å². The molecule has 0 atom stereocenters. The number of imidazole rings is 1. The minimum Gasteiger partial charge on any atom is -0.456 e. The van der Waals surface area contributed by atoms with Gasteiger partial charge in [-0.1, -0.05) is 19.4 Å². The number of ether oxygens (including phenoxy) is 1. The fraction of sp³-hybridized carbons (Fsp3) is 0.353. The highest BCUT2D eigenvalue weighted by Crippen LogP contribution is 2.43. The second-order valence-corrected chi connectivity index (χ2v) is 12.0. The van der Waals surface area contributed by atoms with Crippen molar-refractivity contribution in [2.45, 2.75) is 71.8 Å². The third-order valence-corrected chi connectivity index (χ3v) is 8.34. The summed E-state index contributed by atoms with van der Waals surface area (Å²) in [6.45, 7) is 9.09. The Morgan fingerprint density at radius 1 is 1.14 bits per heavy atom. The highest BCUT2D eigenvalue weighted by molar-refractivity contribution is 5.95. The lowest BCUT2D eigenvalue weighted by Crippen LogP contribution is -2.17. The summed E-state index contributed by atoms with van der Waals surface area (Å²) in [4.78, 5) is 21.8. The van der Waals surface area contributed by atoms with Gasteiger partial charge >= 0.3 is 0 Å². The van der Waals surface area contributed by atoms with Crippen LogP contribution < -0.4 is 10.3 Å². The third-order valence-electron chi connectivity index (χ3n) is 8.34. The van der Waals surface area contributed by atoms with Crippen LogP contribution >= 0.6 is 0 Å². The number of aromatic amines is 1. The summed E-state index contributed by atoms with van der Waals surface area (Å²) in [7, 11) is 1.70. The minimum absolute atomic E-state index is 0.192. The summed E-state index contributed by atoms with van der Waals surface area (Å²) in [6, 6.07) is 10.1. The second-order valence-electron chi connectivity index (χ2n) is 12.0. The minimum atomic E-state index is -1.13. The van der Waals surface area contributed by atoms with Crippen molar-refractivity contribution in [3.63, 3.8) is 0 Å². The van der Waals surface area contributed by atoms with Crippen LogP contribution in [0.2, 0.25) is 0 Å². The molecular formula is C34H36FN3O4. The molecule has 3 aromatic heterocycles. The number of nitrogens with zero attached hydrogens (tertiary/aromatic N) is 2. The molecule has 1 saturated carbocycles. The van der Waals surface area contributed by atoms with Crippen molar-refractivity contribution in [3.8, 4) is 34.1 Å². The van der Waals surface area contributed by atoms with Crippen molar-refractivity contribution >= 4 is 11.0 Å². The average Bonchev–Trinajstić information content (AvgIpc) is 3.52. The fourth-order valence-corrected chi connectivity index (χ4v) is 5.70. The molecule has 8 heteroatoms. The Morgan fingerprint density at radius 2 is 1.86 bits per heavy atom. The number of hydrogen-bond donors (Lipinski definition) is 2. The number of benzene rings is 2. The number of aromatic nitrogens is 3. The maximum Gasteiger partial charge on any atom is 0.261 e. The van der Waals surface area contributed by atoms with Crippen molar-refractivity contribution < 1.29 is 18.7 Å². The van der Waals surface area contributed by atoms with E-state index in [4.69, 9.17) is 14.1 Å². The van der Waals surface area contributed by atoms with Gasteiger partial charge in [-0.05, 0) is 94.0 Å². The lowest BCUT2D eigenvalue weighted by atomic mass is 9.85. The Morgan fingerprint density at radius 3 is 2.48 bits per heavy atom. The van der Waals surface area contributed by atoms with Gasteiger partial charge in [-0.15, -0.1) is 0 Å². The van der Waals surface area contributed by atoms with Crippen molar-refractivity contribution in [2.75, 3.05) is 0 Å². The maximum absolute atomic E-state index is 14.1. The van der Waals surface area contributed by atoms with Crippen LogP contribution in [0.4, 0.5) is 4.39 Å². The molecule has 218 valence electrons. The van der Waals surface area contributed by atoms with Crippen molar-refractivity contribution in [1.29, 1.82) is 0 Å². The molecular weight excluding hydrogens is 533 g/mol. The van der Waals surface area contributed by atoms with E-state index >= 15 is 0 Å². The average molecular weight is 570 g/mol. The first kappa shape index (κ1) is 28.0. The lowest BCUT2D eigenvalue weighted by molar-refractivity contribution is 0.0786. The number of hydrogen-bond acceptors (Lipinski definition) is 5. The van der Waals surface area contributed by atoms with Gasteiger partial charge in [0.1, 0.15) is 34.4 Å². The summed E-state index contributed by atoms with van der Waals surface area (Å²) in [6.07, 6.45) is 5.92. The zero-order valence-corrected chi connectivity index (χ0v) is 24.9. The lowest BCUT2D eigenvalue weighted by Gasteiger charge is -2.22. The van der Waals surface area contributed by atoms with Gasteiger partial charge in [0.05, 0.1) is 11.0 Å². The predicted octanol–water partition coefficient (Wildman–Crippen LogP) is 7.79. The van der Waals surface area contributed by atoms with E-state index < -0.39 is 5.60 Å². The number of halogens is 1. The van der Waals surface area contributed by atoms with Gasteiger partial charge in [-0.2, -0.15) is 0 Å². The van der Waals surface area contributed by atoms with Crippen LogP contribution in [-0.2, 0) is 19.1 Å². The van der Waals surface area contributed by atoms with Gasteiger partial charge in [0.15, 0.2) is 5.76 Å². The summed E-state index contributed by atoms with van der Waals surface area (Å²) < 4.78 is 28.5. The van der Waals surface area contributed by atoms with Crippen LogP contribution in [0.5, 0.6) is 11.5 Å². The number of furan rings is 1. The van der Waals surface area contributed by atoms with Gasteiger partial charge in [-0.25, -0.2) is 9.37 Å². The molecule has 0 bridgehead atoms. The molecule has 2 aromatic carbocycles. The normalized spacial score (nSPS) is 14.0. The number of aryl methyl sites for hydroxylation is 4. The maximum atomic E-state index is 14.1. The highest BCUT2D eigenvalue weighted by atomic mass is 19.1. The van der Waals surface area contributed by atoms with Gasteiger partial charge < -0.3 is 23.8 Å². The number of nitrogens with one attached hydrogen (secondary N) is 1. The molecule has 1 aliphatic carbocycles. The van der Waals surface area contributed by atoms with Gasteiger partial charge in [-0.3, -0.25) is 4.79 Å². The summed E-state index contributed by atoms with van der Waals surface area (Å²) >= 11 is 0. The van der Waals surface area contributed by atoms with E-state index in [1.54, 1.807) is 59.1 Å². The molecule has 42 heavy (non-hydrogen) atoms. The fourth-order valence-electron chi connectivity index (χ4n) is 5.70. The van der Waals surface area contributed by atoms with E-state index in [9.17, 15) is 14.3 Å². The van der Waals surface area contributed by atoms with Crippen LogP contribution in [0.15, 0.2) is 51.8 Å². The van der Waals surface area contributed by atoms with Crippen LogP contribution in [-0.4, -0.2) is 19.6 Å². The monoisotopic (exact) mass is 569 g/mol. The van der Waals surface area contributed by atoms with Crippen molar-refractivity contribution in [3.05, 3.63) is 87.0 Å². The molecule has 0 amide bonds. The first-order chi connectivity index (χ1) is 19.9. The van der Waals surface area contributed by atoms with Crippen LogP contribution in [0.25, 0.3) is 33.6 Å². The van der Waals surface area contributed by atoms with E-state index in [1.807, 2.05) is 6.07 Å². The van der Waals surface area contributed by atoms with Crippen LogP contribution in [0.1, 0.15) is 74.2 Å². The summed E-state index contributed by atoms with van der Waals surface area (Å²) in [5.74, 6) is 2.63. The first-order valence-electron chi connectivity index (χ1n) is 14.5. The highest BCUT2D eigenvalue weighted by Gasteiger charge is 2.27. The Labute approximate surface area is 244 Å². The molecule has 3 heterocycles. The van der Waals surface area contributed by atoms with Crippen molar-refractivity contribution in [1.82, 2.24) is 14.5 Å². The number of pyridine rings is 1. The standard InChI is InChI=1S/C34H36FN3O4/c1-7-26-29(37-32(36-26)20-9-8-10-20)28-16-24-31(42-28)25(17-38(6)33(24)39)23-15-21(34(4,5)40)11-12-27(23)41-30-18(2)13-22(35)14-19(30)3/h11-17,20,40H,7-10H2,1-6H3,(H,36,37). The quantitative estimate of drug-likeness (QED) is 0.209. The molecule has 0 unspecified atom stereocenters. The molecule has 0 spiro atoms. The molecule has 0 saturated heterocycles. The Hall–Kier alpha value is -4.17. The molecule has 2 N–H and O–H groups in total. The number of aliphatic hydroxyl groups is 1. The molecule has 0 aliphatic heterocycles. The predicted molar refractivity (Wildman–Crippen MR) is 162 cm³/mol. The third kappa shape index (κ3) is 4.83. The van der Waals surface area contributed by atoms with Gasteiger partial charge in [0, 0.05) is 36.0 Å². The van der Waals surface area contributed by atoms with Gasteiger partial charge in [0.25, 0.3) is 5.56 Å². The van der Waals surface area contributed by atoms with E-state index in [0.717, 1.165) is 36.5 Å². The largest absolute Gasteiger partial charge is 0.456 e. The first-order valence-corrected chi connectivity index (χ1v) is 14.5. The topological polar surface area (TPSA) is 93.3 Å². The zero-order valence-electron chi connectivity index (χ0n) is 24.9. The van der Waals surface area contributed by atoms with E-state index in [0.29, 0.717) is 62.0 Å².